The van der Waals surface area contributed by atoms with Crippen LogP contribution in [0.2, 0.25) is 0 Å². The van der Waals surface area contributed by atoms with Crippen LogP contribution in [0.5, 0.6) is 0 Å². The third-order valence-electron chi connectivity index (χ3n) is 4.66. The molecular weight excluding hydrogens is 302 g/mol. The lowest BCUT2D eigenvalue weighted by Gasteiger charge is -2.22. The fraction of sp³-hybridized carbons (Fsp3) is 0.500. The van der Waals surface area contributed by atoms with Crippen molar-refractivity contribution in [2.24, 2.45) is 0 Å². The van der Waals surface area contributed by atoms with Gasteiger partial charge in [-0.2, -0.15) is 0 Å². The molecule has 1 aromatic heterocycles. The van der Waals surface area contributed by atoms with Crippen LogP contribution in [0.4, 0.5) is 0 Å². The Morgan fingerprint density at radius 1 is 1.25 bits per heavy atom. The summed E-state index contributed by atoms with van der Waals surface area (Å²) in [4.78, 5) is 27.7. The number of nitrogens with zero attached hydrogens (tertiary/aromatic N) is 5. The molecule has 128 valence electrons. The van der Waals surface area contributed by atoms with Gasteiger partial charge in [-0.15, -0.1) is 0 Å². The molecule has 0 aliphatic carbocycles. The third kappa shape index (κ3) is 3.88. The van der Waals surface area contributed by atoms with Gasteiger partial charge < -0.3 is 9.80 Å². The molecule has 0 bridgehead atoms. The molecule has 2 aromatic rings. The molecule has 1 fully saturated rings. The molecule has 1 aliphatic rings. The van der Waals surface area contributed by atoms with E-state index >= 15 is 0 Å². The summed E-state index contributed by atoms with van der Waals surface area (Å²) in [6.45, 7) is 2.91. The van der Waals surface area contributed by atoms with E-state index < -0.39 is 0 Å². The molecule has 1 atom stereocenters. The molecule has 1 saturated heterocycles. The Hall–Kier alpha value is -2.05. The maximum Gasteiger partial charge on any atom is 0.236 e. The number of carbonyl (C=O) groups excluding carboxylic acids is 1. The summed E-state index contributed by atoms with van der Waals surface area (Å²) in [6, 6.07) is 8.33. The lowest BCUT2D eigenvalue weighted by Crippen LogP contribution is -2.39. The van der Waals surface area contributed by atoms with Gasteiger partial charge in [-0.3, -0.25) is 14.7 Å². The van der Waals surface area contributed by atoms with Crippen molar-refractivity contribution in [1.82, 2.24) is 24.7 Å². The van der Waals surface area contributed by atoms with Gasteiger partial charge in [0.05, 0.1) is 36.0 Å². The number of hydrogen-bond donors (Lipinski definition) is 0. The van der Waals surface area contributed by atoms with Gasteiger partial charge in [-0.25, -0.2) is 4.98 Å². The van der Waals surface area contributed by atoms with E-state index in [1.165, 1.54) is 0 Å². The number of carbonyl (C=O) groups is 1. The smallest absolute Gasteiger partial charge is 0.236 e. The van der Waals surface area contributed by atoms with Crippen LogP contribution >= 0.6 is 0 Å². The van der Waals surface area contributed by atoms with Gasteiger partial charge in [0.2, 0.25) is 5.91 Å². The van der Waals surface area contributed by atoms with E-state index in [0.717, 1.165) is 36.2 Å². The van der Waals surface area contributed by atoms with Gasteiger partial charge in [-0.05, 0) is 32.6 Å². The Balaban J connectivity index is 1.57. The van der Waals surface area contributed by atoms with Crippen molar-refractivity contribution in [1.29, 1.82) is 0 Å². The van der Waals surface area contributed by atoms with E-state index in [0.29, 0.717) is 19.1 Å². The number of fused-ring (bicyclic) bond motifs is 1. The van der Waals surface area contributed by atoms with Crippen molar-refractivity contribution in [2.75, 3.05) is 40.8 Å². The van der Waals surface area contributed by atoms with E-state index in [9.17, 15) is 4.79 Å². The number of rotatable bonds is 5. The minimum Gasteiger partial charge on any atom is -0.339 e. The number of hydrogen-bond acceptors (Lipinski definition) is 5. The van der Waals surface area contributed by atoms with Crippen LogP contribution in [-0.4, -0.2) is 77.4 Å². The van der Waals surface area contributed by atoms with Crippen LogP contribution in [-0.2, 0) is 11.3 Å². The van der Waals surface area contributed by atoms with E-state index in [4.69, 9.17) is 0 Å². The zero-order valence-electron chi connectivity index (χ0n) is 14.6. The molecule has 0 N–H and O–H groups in total. The Morgan fingerprint density at radius 3 is 2.71 bits per heavy atom. The first-order valence-corrected chi connectivity index (χ1v) is 8.36. The maximum absolute atomic E-state index is 12.5. The number of para-hydroxylation sites is 2. The zero-order valence-corrected chi connectivity index (χ0v) is 14.6. The van der Waals surface area contributed by atoms with Gasteiger partial charge in [0, 0.05) is 26.2 Å². The zero-order chi connectivity index (χ0) is 17.1. The summed E-state index contributed by atoms with van der Waals surface area (Å²) >= 11 is 0. The fourth-order valence-electron chi connectivity index (χ4n) is 3.09. The predicted molar refractivity (Wildman–Crippen MR) is 94.5 cm³/mol. The molecule has 0 spiro atoms. The molecule has 6 heteroatoms. The summed E-state index contributed by atoms with van der Waals surface area (Å²) in [7, 11) is 6.03. The largest absolute Gasteiger partial charge is 0.339 e. The highest BCUT2D eigenvalue weighted by Gasteiger charge is 2.26. The van der Waals surface area contributed by atoms with Crippen LogP contribution in [0.1, 0.15) is 12.1 Å². The minimum absolute atomic E-state index is 0.129. The summed E-state index contributed by atoms with van der Waals surface area (Å²) in [5.74, 6) is 0.129. The third-order valence-corrected chi connectivity index (χ3v) is 4.66. The Morgan fingerprint density at radius 2 is 2.00 bits per heavy atom. The molecule has 0 radical (unpaired) electrons. The number of aromatic nitrogens is 2. The maximum atomic E-state index is 12.5. The van der Waals surface area contributed by atoms with E-state index in [2.05, 4.69) is 33.9 Å². The second kappa shape index (κ2) is 7.23. The first-order valence-electron chi connectivity index (χ1n) is 8.36. The van der Waals surface area contributed by atoms with Crippen LogP contribution in [0, 0.1) is 0 Å². The van der Waals surface area contributed by atoms with Gasteiger partial charge in [0.1, 0.15) is 0 Å². The highest BCUT2D eigenvalue weighted by Crippen LogP contribution is 2.14. The Kier molecular flexibility index (Phi) is 5.06. The quantitative estimate of drug-likeness (QED) is 0.827. The first kappa shape index (κ1) is 16.8. The summed E-state index contributed by atoms with van der Waals surface area (Å²) in [5, 5.41) is 0. The summed E-state index contributed by atoms with van der Waals surface area (Å²) in [5.41, 5.74) is 2.56. The molecule has 1 aromatic carbocycles. The summed E-state index contributed by atoms with van der Waals surface area (Å²) in [6.07, 6.45) is 2.88. The van der Waals surface area contributed by atoms with E-state index in [-0.39, 0.29) is 5.91 Å². The van der Waals surface area contributed by atoms with Crippen LogP contribution in [0.3, 0.4) is 0 Å². The van der Waals surface area contributed by atoms with Crippen molar-refractivity contribution in [3.05, 3.63) is 36.2 Å². The number of benzene rings is 1. The molecule has 1 unspecified atom stereocenters. The molecular formula is C18H25N5O. The van der Waals surface area contributed by atoms with Gasteiger partial charge in [0.25, 0.3) is 0 Å². The van der Waals surface area contributed by atoms with E-state index in [1.54, 1.807) is 11.1 Å². The topological polar surface area (TPSA) is 52.6 Å². The molecule has 3 rings (SSSR count). The molecule has 0 saturated carbocycles. The number of likely N-dealkylation sites (N-methyl/N-ethyl adjacent to an activating group) is 2. The number of likely N-dealkylation sites (tertiary alicyclic amines) is 1. The highest BCUT2D eigenvalue weighted by molar-refractivity contribution is 5.78. The lowest BCUT2D eigenvalue weighted by atomic mass is 10.2. The van der Waals surface area contributed by atoms with Gasteiger partial charge in [0.15, 0.2) is 0 Å². The van der Waals surface area contributed by atoms with Crippen LogP contribution in [0.25, 0.3) is 11.0 Å². The van der Waals surface area contributed by atoms with Crippen molar-refractivity contribution in [2.45, 2.75) is 19.0 Å². The average molecular weight is 327 g/mol. The molecule has 1 aliphatic heterocycles. The normalized spacial score (nSPS) is 18.4. The van der Waals surface area contributed by atoms with Crippen molar-refractivity contribution in [3.8, 4) is 0 Å². The monoisotopic (exact) mass is 327 g/mol. The summed E-state index contributed by atoms with van der Waals surface area (Å²) < 4.78 is 0. The van der Waals surface area contributed by atoms with Crippen molar-refractivity contribution >= 4 is 16.9 Å². The van der Waals surface area contributed by atoms with Crippen molar-refractivity contribution < 1.29 is 4.79 Å². The predicted octanol–water partition coefficient (Wildman–Crippen LogP) is 1.22. The van der Waals surface area contributed by atoms with E-state index in [1.807, 2.05) is 31.3 Å². The Labute approximate surface area is 143 Å². The second-order valence-electron chi connectivity index (χ2n) is 6.74. The SMILES string of the molecule is CN(Cc1cnc2ccccc2n1)C(=O)CN1CCC(N(C)C)C1. The molecule has 6 nitrogen and oxygen atoms in total. The second-order valence-corrected chi connectivity index (χ2v) is 6.74. The number of amides is 1. The van der Waals surface area contributed by atoms with Gasteiger partial charge in [-0.1, -0.05) is 12.1 Å². The lowest BCUT2D eigenvalue weighted by molar-refractivity contribution is -0.131. The highest BCUT2D eigenvalue weighted by atomic mass is 16.2. The standard InChI is InChI=1S/C18H25N5O/c1-21(2)15-8-9-23(12-15)13-18(24)22(3)11-14-10-19-16-6-4-5-7-17(16)20-14/h4-7,10,15H,8-9,11-13H2,1-3H3. The Bertz CT molecular complexity index is 717. The van der Waals surface area contributed by atoms with Gasteiger partial charge >= 0.3 is 0 Å². The molecule has 24 heavy (non-hydrogen) atoms. The molecule has 2 heterocycles. The van der Waals surface area contributed by atoms with Crippen molar-refractivity contribution in [3.63, 3.8) is 0 Å². The average Bonchev–Trinajstić information content (AvgIpc) is 3.03. The first-order chi connectivity index (χ1) is 11.5. The molecule has 1 amide bonds. The van der Waals surface area contributed by atoms with Crippen LogP contribution in [0.15, 0.2) is 30.5 Å². The fourth-order valence-corrected chi connectivity index (χ4v) is 3.09. The van der Waals surface area contributed by atoms with Crippen LogP contribution < -0.4 is 0 Å². The minimum atomic E-state index is 0.129.